The molecule has 0 spiro atoms. The van der Waals surface area contributed by atoms with Crippen molar-refractivity contribution in [1.82, 2.24) is 9.62 Å². The summed E-state index contributed by atoms with van der Waals surface area (Å²) in [7, 11) is -3.85. The molecule has 0 saturated carbocycles. The van der Waals surface area contributed by atoms with Crippen molar-refractivity contribution in [3.05, 3.63) is 60.2 Å². The second-order valence-corrected chi connectivity index (χ2v) is 8.90. The summed E-state index contributed by atoms with van der Waals surface area (Å²) >= 11 is 0. The molecule has 8 heteroatoms. The Labute approximate surface area is 171 Å². The number of sulfonamides is 1. The molecule has 1 heterocycles. The molecule has 3 rings (SSSR count). The number of likely N-dealkylation sites (tertiary alicyclic amines) is 1. The summed E-state index contributed by atoms with van der Waals surface area (Å²) in [4.78, 5) is 13.6. The largest absolute Gasteiger partial charge is 0.489 e. The normalized spacial score (nSPS) is 17.0. The molecule has 1 saturated heterocycles. The van der Waals surface area contributed by atoms with Crippen LogP contribution in [0.15, 0.2) is 59.5 Å². The zero-order chi connectivity index (χ0) is 20.9. The lowest BCUT2D eigenvalue weighted by molar-refractivity contribution is -0.143. The zero-order valence-electron chi connectivity index (χ0n) is 16.3. The van der Waals surface area contributed by atoms with Gasteiger partial charge in [-0.25, -0.2) is 13.1 Å². The van der Waals surface area contributed by atoms with E-state index < -0.39 is 28.1 Å². The highest BCUT2D eigenvalue weighted by Gasteiger charge is 2.35. The highest BCUT2D eigenvalue weighted by atomic mass is 32.2. The second-order valence-electron chi connectivity index (χ2n) is 7.18. The van der Waals surface area contributed by atoms with Gasteiger partial charge in [0.15, 0.2) is 0 Å². The van der Waals surface area contributed by atoms with Crippen molar-refractivity contribution in [3.63, 3.8) is 0 Å². The summed E-state index contributed by atoms with van der Waals surface area (Å²) in [5.41, 5.74) is 1.02. The summed E-state index contributed by atoms with van der Waals surface area (Å²) in [5.74, 6) is -0.465. The van der Waals surface area contributed by atoms with E-state index in [-0.39, 0.29) is 4.90 Å². The number of hydrogen-bond donors (Lipinski definition) is 2. The Morgan fingerprint density at radius 1 is 1.10 bits per heavy atom. The zero-order valence-corrected chi connectivity index (χ0v) is 17.1. The molecule has 1 aliphatic rings. The van der Waals surface area contributed by atoms with Crippen LogP contribution in [0.4, 0.5) is 0 Å². The van der Waals surface area contributed by atoms with Crippen LogP contribution in [0.3, 0.4) is 0 Å². The van der Waals surface area contributed by atoms with Crippen LogP contribution >= 0.6 is 0 Å². The Morgan fingerprint density at radius 3 is 2.31 bits per heavy atom. The van der Waals surface area contributed by atoms with Crippen molar-refractivity contribution in [2.45, 2.75) is 43.4 Å². The molecule has 0 amide bonds. The van der Waals surface area contributed by atoms with E-state index in [1.807, 2.05) is 35.2 Å². The molecule has 2 N–H and O–H groups in total. The van der Waals surface area contributed by atoms with Gasteiger partial charge in [-0.05, 0) is 62.7 Å². The Bertz CT molecular complexity index is 910. The molecular formula is C21H26N2O5S. The third-order valence-corrected chi connectivity index (χ3v) is 6.56. The molecule has 2 unspecified atom stereocenters. The smallest absolute Gasteiger partial charge is 0.322 e. The molecule has 2 atom stereocenters. The molecule has 0 aromatic heterocycles. The number of carboxylic acids is 1. The average Bonchev–Trinajstić information content (AvgIpc) is 3.21. The van der Waals surface area contributed by atoms with Crippen LogP contribution in [0, 0.1) is 0 Å². The predicted octanol–water partition coefficient (Wildman–Crippen LogP) is 2.48. The van der Waals surface area contributed by atoms with Crippen LogP contribution in [0.2, 0.25) is 0 Å². The minimum absolute atomic E-state index is 0.0713. The summed E-state index contributed by atoms with van der Waals surface area (Å²) in [6.45, 7) is 3.30. The Kier molecular flexibility index (Phi) is 6.89. The number of benzene rings is 2. The Hall–Kier alpha value is -2.42. The van der Waals surface area contributed by atoms with Gasteiger partial charge in [0.1, 0.15) is 18.4 Å². The third kappa shape index (κ3) is 5.56. The fourth-order valence-corrected chi connectivity index (χ4v) is 4.79. The maximum absolute atomic E-state index is 12.7. The van der Waals surface area contributed by atoms with E-state index in [4.69, 9.17) is 4.74 Å². The van der Waals surface area contributed by atoms with Crippen LogP contribution in [-0.2, 0) is 21.4 Å². The maximum Gasteiger partial charge on any atom is 0.322 e. The minimum atomic E-state index is -3.85. The number of ether oxygens (including phenoxy) is 1. The summed E-state index contributed by atoms with van der Waals surface area (Å²) < 4.78 is 33.6. The lowest BCUT2D eigenvalue weighted by atomic mass is 10.1. The molecule has 1 aliphatic heterocycles. The highest BCUT2D eigenvalue weighted by Crippen LogP contribution is 2.19. The van der Waals surface area contributed by atoms with Crippen LogP contribution in [0.25, 0.3) is 0 Å². The molecule has 7 nitrogen and oxygen atoms in total. The Morgan fingerprint density at radius 2 is 1.72 bits per heavy atom. The van der Waals surface area contributed by atoms with Gasteiger partial charge >= 0.3 is 5.97 Å². The van der Waals surface area contributed by atoms with Crippen LogP contribution in [0.1, 0.15) is 25.3 Å². The van der Waals surface area contributed by atoms with Gasteiger partial charge in [0.25, 0.3) is 0 Å². The van der Waals surface area contributed by atoms with E-state index in [0.29, 0.717) is 25.4 Å². The first-order chi connectivity index (χ1) is 13.9. The quantitative estimate of drug-likeness (QED) is 0.650. The number of nitrogens with zero attached hydrogens (tertiary/aromatic N) is 1. The van der Waals surface area contributed by atoms with E-state index >= 15 is 0 Å². The molecule has 2 aromatic rings. The van der Waals surface area contributed by atoms with Crippen LogP contribution in [-0.4, -0.2) is 49.6 Å². The third-order valence-electron chi connectivity index (χ3n) is 4.98. The minimum Gasteiger partial charge on any atom is -0.489 e. The SMILES string of the molecule is CC(NS(=O)(=O)c1ccc(OCc2ccccc2)cc1)C(C(=O)O)N1CCCC1. The molecule has 29 heavy (non-hydrogen) atoms. The van der Waals surface area contributed by atoms with E-state index in [2.05, 4.69) is 4.72 Å². The van der Waals surface area contributed by atoms with Crippen molar-refractivity contribution >= 4 is 16.0 Å². The number of carbonyl (C=O) groups is 1. The Balaban J connectivity index is 1.64. The number of hydrogen-bond acceptors (Lipinski definition) is 5. The van der Waals surface area contributed by atoms with Crippen LogP contribution < -0.4 is 9.46 Å². The molecule has 1 fully saturated rings. The first-order valence-corrected chi connectivity index (χ1v) is 11.1. The van der Waals surface area contributed by atoms with Crippen LogP contribution in [0.5, 0.6) is 5.75 Å². The first kappa shape index (κ1) is 21.3. The van der Waals surface area contributed by atoms with Crippen molar-refractivity contribution in [1.29, 1.82) is 0 Å². The number of aliphatic carboxylic acids is 1. The predicted molar refractivity (Wildman–Crippen MR) is 109 cm³/mol. The molecule has 0 radical (unpaired) electrons. The lowest BCUT2D eigenvalue weighted by Gasteiger charge is -2.29. The molecule has 0 bridgehead atoms. The van der Waals surface area contributed by atoms with Crippen molar-refractivity contribution < 1.29 is 23.1 Å². The van der Waals surface area contributed by atoms with Gasteiger partial charge in [0.05, 0.1) is 4.90 Å². The molecule has 2 aromatic carbocycles. The number of rotatable bonds is 9. The summed E-state index contributed by atoms with van der Waals surface area (Å²) in [5, 5.41) is 9.57. The average molecular weight is 419 g/mol. The van der Waals surface area contributed by atoms with Gasteiger partial charge in [-0.1, -0.05) is 30.3 Å². The van der Waals surface area contributed by atoms with Gasteiger partial charge in [0.2, 0.25) is 10.0 Å². The monoisotopic (exact) mass is 418 g/mol. The molecule has 0 aliphatic carbocycles. The van der Waals surface area contributed by atoms with Gasteiger partial charge in [-0.3, -0.25) is 9.69 Å². The number of nitrogens with one attached hydrogen (secondary N) is 1. The maximum atomic E-state index is 12.7. The van der Waals surface area contributed by atoms with E-state index in [0.717, 1.165) is 18.4 Å². The van der Waals surface area contributed by atoms with E-state index in [1.165, 1.54) is 12.1 Å². The molecule has 156 valence electrons. The van der Waals surface area contributed by atoms with Gasteiger partial charge in [-0.2, -0.15) is 0 Å². The van der Waals surface area contributed by atoms with Gasteiger partial charge in [0, 0.05) is 6.04 Å². The van der Waals surface area contributed by atoms with E-state index in [9.17, 15) is 18.3 Å². The lowest BCUT2D eigenvalue weighted by Crippen LogP contribution is -2.53. The first-order valence-electron chi connectivity index (χ1n) is 9.63. The van der Waals surface area contributed by atoms with Crippen molar-refractivity contribution in [3.8, 4) is 5.75 Å². The summed E-state index contributed by atoms with van der Waals surface area (Å²) in [6, 6.07) is 14.1. The fourth-order valence-electron chi connectivity index (χ4n) is 3.54. The topological polar surface area (TPSA) is 95.9 Å². The van der Waals surface area contributed by atoms with Crippen molar-refractivity contribution in [2.24, 2.45) is 0 Å². The highest BCUT2D eigenvalue weighted by molar-refractivity contribution is 7.89. The van der Waals surface area contributed by atoms with E-state index in [1.54, 1.807) is 19.1 Å². The van der Waals surface area contributed by atoms with Gasteiger partial charge < -0.3 is 9.84 Å². The fraction of sp³-hybridized carbons (Fsp3) is 0.381. The second kappa shape index (κ2) is 9.39. The van der Waals surface area contributed by atoms with Crippen molar-refractivity contribution in [2.75, 3.05) is 13.1 Å². The van der Waals surface area contributed by atoms with Gasteiger partial charge in [-0.15, -0.1) is 0 Å². The number of carboxylic acid groups (broad SMARTS) is 1. The molecular weight excluding hydrogens is 392 g/mol. The summed E-state index contributed by atoms with van der Waals surface area (Å²) in [6.07, 6.45) is 1.85. The standard InChI is InChI=1S/C21H26N2O5S/c1-16(20(21(24)25)23-13-5-6-14-23)22-29(26,27)19-11-9-18(10-12-19)28-15-17-7-3-2-4-8-17/h2-4,7-12,16,20,22H,5-6,13-15H2,1H3,(H,24,25).